The highest BCUT2D eigenvalue weighted by molar-refractivity contribution is 5.74. The summed E-state index contributed by atoms with van der Waals surface area (Å²) < 4.78 is 7.26. The lowest BCUT2D eigenvalue weighted by Gasteiger charge is -2.11. The lowest BCUT2D eigenvalue weighted by Crippen LogP contribution is -2.15. The van der Waals surface area contributed by atoms with Crippen molar-refractivity contribution in [2.24, 2.45) is 0 Å². The summed E-state index contributed by atoms with van der Waals surface area (Å²) in [7, 11) is 0. The molecule has 114 valence electrons. The first-order valence-electron chi connectivity index (χ1n) is 7.11. The van der Waals surface area contributed by atoms with Gasteiger partial charge >= 0.3 is 0 Å². The van der Waals surface area contributed by atoms with Gasteiger partial charge in [-0.3, -0.25) is 0 Å². The second-order valence-electron chi connectivity index (χ2n) is 4.93. The van der Waals surface area contributed by atoms with E-state index in [4.69, 9.17) is 4.42 Å². The highest BCUT2D eigenvalue weighted by Crippen LogP contribution is 2.22. The predicted molar refractivity (Wildman–Crippen MR) is 83.0 cm³/mol. The van der Waals surface area contributed by atoms with Crippen LogP contribution in [0.3, 0.4) is 0 Å². The first kappa shape index (κ1) is 13.4. The van der Waals surface area contributed by atoms with Crippen molar-refractivity contribution >= 4 is 17.1 Å². The molecule has 1 atom stereocenters. The van der Waals surface area contributed by atoms with E-state index in [1.54, 1.807) is 23.1 Å². The zero-order valence-corrected chi connectivity index (χ0v) is 12.3. The zero-order chi connectivity index (χ0) is 15.6. The Morgan fingerprint density at radius 2 is 1.91 bits per heavy atom. The number of para-hydroxylation sites is 2. The number of oxazole rings is 1. The maximum atomic E-state index is 5.67. The summed E-state index contributed by atoms with van der Waals surface area (Å²) >= 11 is 0. The van der Waals surface area contributed by atoms with Crippen LogP contribution in [-0.2, 0) is 0 Å². The third-order valence-electron chi connectivity index (χ3n) is 3.34. The molecule has 0 spiro atoms. The van der Waals surface area contributed by atoms with Gasteiger partial charge in [-0.05, 0) is 25.1 Å². The number of nitrogens with zero attached hydrogens (tertiary/aromatic N) is 6. The molecule has 1 aromatic carbocycles. The predicted octanol–water partition coefficient (Wildman–Crippen LogP) is 2.37. The van der Waals surface area contributed by atoms with Crippen molar-refractivity contribution in [3.63, 3.8) is 0 Å². The van der Waals surface area contributed by atoms with E-state index in [0.29, 0.717) is 17.8 Å². The Morgan fingerprint density at radius 1 is 1.09 bits per heavy atom. The molecule has 8 heteroatoms. The van der Waals surface area contributed by atoms with Crippen LogP contribution in [0.4, 0.5) is 6.01 Å². The van der Waals surface area contributed by atoms with Gasteiger partial charge in [0.15, 0.2) is 11.4 Å². The van der Waals surface area contributed by atoms with Crippen LogP contribution < -0.4 is 5.32 Å². The van der Waals surface area contributed by atoms with E-state index < -0.39 is 0 Å². The van der Waals surface area contributed by atoms with Crippen molar-refractivity contribution in [2.75, 3.05) is 5.32 Å². The number of aromatic nitrogens is 6. The Labute approximate surface area is 131 Å². The Hall–Kier alpha value is -3.29. The Balaban J connectivity index is 1.62. The van der Waals surface area contributed by atoms with E-state index in [2.05, 4.69) is 30.4 Å². The first-order chi connectivity index (χ1) is 11.3. The average Bonchev–Trinajstić information content (AvgIpc) is 3.22. The van der Waals surface area contributed by atoms with Crippen LogP contribution in [0.1, 0.15) is 18.8 Å². The maximum Gasteiger partial charge on any atom is 0.296 e. The van der Waals surface area contributed by atoms with Crippen LogP contribution in [0.25, 0.3) is 17.0 Å². The Bertz CT molecular complexity index is 898. The Kier molecular flexibility index (Phi) is 3.19. The van der Waals surface area contributed by atoms with Gasteiger partial charge in [0.25, 0.3) is 12.0 Å². The van der Waals surface area contributed by atoms with Crippen molar-refractivity contribution in [2.45, 2.75) is 13.0 Å². The summed E-state index contributed by atoms with van der Waals surface area (Å²) in [5.74, 6) is 1.13. The molecule has 4 rings (SSSR count). The number of benzene rings is 1. The molecule has 0 saturated heterocycles. The van der Waals surface area contributed by atoms with E-state index in [1.165, 1.54) is 6.33 Å². The molecule has 1 N–H and O–H groups in total. The number of hydrogen-bond acceptors (Lipinski definition) is 7. The van der Waals surface area contributed by atoms with Crippen molar-refractivity contribution in [3.05, 3.63) is 54.9 Å². The number of anilines is 1. The molecule has 8 nitrogen and oxygen atoms in total. The number of rotatable bonds is 4. The molecule has 0 saturated carbocycles. The smallest absolute Gasteiger partial charge is 0.296 e. The summed E-state index contributed by atoms with van der Waals surface area (Å²) in [5, 5.41) is 7.37. The van der Waals surface area contributed by atoms with E-state index in [0.717, 1.165) is 11.1 Å². The van der Waals surface area contributed by atoms with Crippen molar-refractivity contribution < 1.29 is 4.42 Å². The fraction of sp³-hybridized carbons (Fsp3) is 0.133. The van der Waals surface area contributed by atoms with Gasteiger partial charge in [0.05, 0.1) is 6.04 Å². The molecule has 0 amide bonds. The van der Waals surface area contributed by atoms with Crippen molar-refractivity contribution in [3.8, 4) is 5.95 Å². The third kappa shape index (κ3) is 2.50. The van der Waals surface area contributed by atoms with Crippen molar-refractivity contribution in [1.82, 2.24) is 29.7 Å². The van der Waals surface area contributed by atoms with Crippen LogP contribution in [0.5, 0.6) is 0 Å². The van der Waals surface area contributed by atoms with Crippen LogP contribution >= 0.6 is 0 Å². The fourth-order valence-electron chi connectivity index (χ4n) is 2.28. The third-order valence-corrected chi connectivity index (χ3v) is 3.34. The highest BCUT2D eigenvalue weighted by Gasteiger charge is 2.17. The lowest BCUT2D eigenvalue weighted by molar-refractivity contribution is 0.593. The molecule has 3 heterocycles. The minimum absolute atomic E-state index is 0.186. The van der Waals surface area contributed by atoms with Crippen molar-refractivity contribution in [1.29, 1.82) is 0 Å². The number of nitrogens with one attached hydrogen (secondary N) is 1. The van der Waals surface area contributed by atoms with Gasteiger partial charge in [0.1, 0.15) is 11.8 Å². The van der Waals surface area contributed by atoms with E-state index in [1.807, 2.05) is 31.2 Å². The van der Waals surface area contributed by atoms with E-state index in [9.17, 15) is 0 Å². The molecule has 0 aliphatic rings. The minimum atomic E-state index is -0.186. The second kappa shape index (κ2) is 5.48. The van der Waals surface area contributed by atoms with Gasteiger partial charge in [-0.25, -0.2) is 15.0 Å². The van der Waals surface area contributed by atoms with E-state index in [-0.39, 0.29) is 6.04 Å². The zero-order valence-electron chi connectivity index (χ0n) is 12.3. The van der Waals surface area contributed by atoms with Gasteiger partial charge in [0.2, 0.25) is 0 Å². The van der Waals surface area contributed by atoms with E-state index >= 15 is 0 Å². The molecule has 0 unspecified atom stereocenters. The van der Waals surface area contributed by atoms with Crippen LogP contribution in [0.15, 0.2) is 53.5 Å². The molecule has 0 radical (unpaired) electrons. The molecule has 0 fully saturated rings. The summed E-state index contributed by atoms with van der Waals surface area (Å²) in [6, 6.07) is 9.59. The fourth-order valence-corrected chi connectivity index (χ4v) is 2.28. The summed E-state index contributed by atoms with van der Waals surface area (Å²) in [6.07, 6.45) is 4.79. The lowest BCUT2D eigenvalue weighted by atomic mass is 10.3. The minimum Gasteiger partial charge on any atom is -0.424 e. The first-order valence-corrected chi connectivity index (χ1v) is 7.11. The number of hydrogen-bond donors (Lipinski definition) is 1. The van der Waals surface area contributed by atoms with Crippen LogP contribution in [-0.4, -0.2) is 29.7 Å². The average molecular weight is 307 g/mol. The topological polar surface area (TPSA) is 94.6 Å². The highest BCUT2D eigenvalue weighted by atomic mass is 16.4. The van der Waals surface area contributed by atoms with Gasteiger partial charge in [-0.15, -0.1) is 0 Å². The molecule has 3 aromatic heterocycles. The second-order valence-corrected chi connectivity index (χ2v) is 4.93. The van der Waals surface area contributed by atoms with Gasteiger partial charge in [-0.1, -0.05) is 12.1 Å². The summed E-state index contributed by atoms with van der Waals surface area (Å²) in [4.78, 5) is 17.1. The standard InChI is InChI=1S/C15H13N7O/c1-10(20-15-21-11-5-2-3-6-12(11)23-15)13-18-9-19-22(13)14-16-7-4-8-17-14/h2-10H,1H3,(H,20,21)/t10-/m0/s1. The molecule has 0 bridgehead atoms. The summed E-state index contributed by atoms with van der Waals surface area (Å²) in [6.45, 7) is 1.94. The van der Waals surface area contributed by atoms with Gasteiger partial charge in [0, 0.05) is 12.4 Å². The monoisotopic (exact) mass is 307 g/mol. The largest absolute Gasteiger partial charge is 0.424 e. The SMILES string of the molecule is C[C@H](Nc1nc2ccccc2o1)c1ncnn1-c1ncccn1. The molecule has 0 aliphatic heterocycles. The van der Waals surface area contributed by atoms with Crippen LogP contribution in [0, 0.1) is 0 Å². The molecular weight excluding hydrogens is 294 g/mol. The number of fused-ring (bicyclic) bond motifs is 1. The molecule has 0 aliphatic carbocycles. The quantitative estimate of drug-likeness (QED) is 0.618. The Morgan fingerprint density at radius 3 is 2.74 bits per heavy atom. The summed E-state index contributed by atoms with van der Waals surface area (Å²) in [5.41, 5.74) is 1.53. The van der Waals surface area contributed by atoms with Gasteiger partial charge < -0.3 is 9.73 Å². The van der Waals surface area contributed by atoms with Gasteiger partial charge in [-0.2, -0.15) is 14.8 Å². The van der Waals surface area contributed by atoms with Crippen LogP contribution in [0.2, 0.25) is 0 Å². The molecular formula is C15H13N7O. The molecule has 4 aromatic rings. The molecule has 23 heavy (non-hydrogen) atoms. The normalized spacial score (nSPS) is 12.4. The maximum absolute atomic E-state index is 5.67.